The predicted octanol–water partition coefficient (Wildman–Crippen LogP) is 4.58. The summed E-state index contributed by atoms with van der Waals surface area (Å²) < 4.78 is 54.5. The van der Waals surface area contributed by atoms with Gasteiger partial charge in [-0.15, -0.1) is 0 Å². The van der Waals surface area contributed by atoms with Crippen molar-refractivity contribution < 1.29 is 32.6 Å². The van der Waals surface area contributed by atoms with Gasteiger partial charge in [-0.25, -0.2) is 9.37 Å². The largest absolute Gasteiger partial charge is 0.508 e. The van der Waals surface area contributed by atoms with Crippen molar-refractivity contribution in [3.05, 3.63) is 58.7 Å². The Balaban J connectivity index is 1.52. The molecule has 1 aliphatic rings. The summed E-state index contributed by atoms with van der Waals surface area (Å²) in [4.78, 5) is 19.3. The Kier molecular flexibility index (Phi) is 5.08. The number of hydrogen-bond donors (Lipinski definition) is 3. The van der Waals surface area contributed by atoms with Gasteiger partial charge in [0.2, 0.25) is 0 Å². The van der Waals surface area contributed by atoms with E-state index < -0.39 is 23.0 Å². The maximum atomic E-state index is 14.4. The second kappa shape index (κ2) is 7.30. The maximum Gasteiger partial charge on any atom is 0.401 e. The molecule has 0 saturated heterocycles. The minimum Gasteiger partial charge on any atom is -0.508 e. The summed E-state index contributed by atoms with van der Waals surface area (Å²) in [5, 5.41) is 20.1. The van der Waals surface area contributed by atoms with Crippen LogP contribution in [0.1, 0.15) is 49.2 Å². The molecular formula is C23H22F4N2O3. The Hall–Kier alpha value is -2.94. The number of benzene rings is 2. The van der Waals surface area contributed by atoms with Crippen LogP contribution in [-0.2, 0) is 28.7 Å². The normalized spacial score (nSPS) is 15.8. The van der Waals surface area contributed by atoms with Crippen molar-refractivity contribution >= 4 is 16.8 Å². The lowest BCUT2D eigenvalue weighted by Gasteiger charge is -2.20. The van der Waals surface area contributed by atoms with Gasteiger partial charge < -0.3 is 15.2 Å². The number of nitrogens with zero attached hydrogens (tertiary/aromatic N) is 1. The fraction of sp³-hybridized carbons (Fsp3) is 0.391. The second-order valence-corrected chi connectivity index (χ2v) is 8.93. The summed E-state index contributed by atoms with van der Waals surface area (Å²) in [6.07, 6.45) is -4.74. The van der Waals surface area contributed by atoms with Crippen molar-refractivity contribution in [2.24, 2.45) is 0 Å². The van der Waals surface area contributed by atoms with E-state index in [1.54, 1.807) is 18.2 Å². The topological polar surface area (TPSA) is 86.2 Å². The molecule has 1 heterocycles. The van der Waals surface area contributed by atoms with Crippen LogP contribution in [0.25, 0.3) is 11.0 Å². The van der Waals surface area contributed by atoms with E-state index in [1.807, 2.05) is 0 Å². The average Bonchev–Trinajstić information content (AvgIpc) is 3.38. The van der Waals surface area contributed by atoms with Gasteiger partial charge in [0.25, 0.3) is 0 Å². The van der Waals surface area contributed by atoms with Gasteiger partial charge in [-0.05, 0) is 62.1 Å². The van der Waals surface area contributed by atoms with Crippen LogP contribution >= 0.6 is 0 Å². The van der Waals surface area contributed by atoms with Crippen molar-refractivity contribution in [1.82, 2.24) is 9.97 Å². The highest BCUT2D eigenvalue weighted by atomic mass is 19.4. The quantitative estimate of drug-likeness (QED) is 0.480. The number of rotatable bonds is 6. The molecule has 0 atom stereocenters. The van der Waals surface area contributed by atoms with Gasteiger partial charge in [0.1, 0.15) is 28.6 Å². The minimum absolute atomic E-state index is 0.00761. The van der Waals surface area contributed by atoms with Gasteiger partial charge in [0.05, 0.1) is 16.6 Å². The number of carbonyl (C=O) groups is 1. The molecule has 1 aromatic heterocycles. The number of aromatic nitrogens is 2. The molecular weight excluding hydrogens is 428 g/mol. The second-order valence-electron chi connectivity index (χ2n) is 8.93. The van der Waals surface area contributed by atoms with Crippen LogP contribution in [-0.4, -0.2) is 32.1 Å². The standard InChI is InChI=1S/C23H22F4N2O3/c1-21(2,32)15-11-16(24)13(10-19(15)31)9-14(30)7-12-3-4-17-18(8-12)29-20(28-17)22(5-6-22)23(25,26)27/h3-4,8,10-11,31-32H,5-7,9H2,1-2H3,(H,28,29). The lowest BCUT2D eigenvalue weighted by molar-refractivity contribution is -0.162. The number of aromatic amines is 1. The molecule has 170 valence electrons. The minimum atomic E-state index is -4.38. The Morgan fingerprint density at radius 2 is 1.84 bits per heavy atom. The highest BCUT2D eigenvalue weighted by Crippen LogP contribution is 2.58. The number of aromatic hydroxyl groups is 1. The Labute approximate surface area is 181 Å². The summed E-state index contributed by atoms with van der Waals surface area (Å²) in [5.74, 6) is -1.49. The van der Waals surface area contributed by atoms with Gasteiger partial charge in [-0.1, -0.05) is 6.07 Å². The number of nitrogens with one attached hydrogen (secondary N) is 1. The summed E-state index contributed by atoms with van der Waals surface area (Å²) in [7, 11) is 0. The molecule has 3 N–H and O–H groups in total. The van der Waals surface area contributed by atoms with E-state index in [4.69, 9.17) is 0 Å². The van der Waals surface area contributed by atoms with Gasteiger partial charge in [-0.3, -0.25) is 4.79 Å². The third kappa shape index (κ3) is 3.97. The fourth-order valence-electron chi connectivity index (χ4n) is 3.91. The molecule has 3 aromatic rings. The van der Waals surface area contributed by atoms with Gasteiger partial charge >= 0.3 is 6.18 Å². The van der Waals surface area contributed by atoms with Crippen LogP contribution in [0.4, 0.5) is 17.6 Å². The van der Waals surface area contributed by atoms with E-state index in [0.29, 0.717) is 16.6 Å². The number of halogens is 4. The van der Waals surface area contributed by atoms with Crippen molar-refractivity contribution in [2.45, 2.75) is 56.7 Å². The van der Waals surface area contributed by atoms with Crippen molar-refractivity contribution in [3.63, 3.8) is 0 Å². The van der Waals surface area contributed by atoms with Crippen LogP contribution in [0.5, 0.6) is 5.75 Å². The zero-order valence-corrected chi connectivity index (χ0v) is 17.5. The number of Topliss-reactive ketones (excluding diaryl/α,β-unsaturated/α-hetero) is 1. The van der Waals surface area contributed by atoms with E-state index in [1.165, 1.54) is 13.8 Å². The molecule has 2 aromatic carbocycles. The fourth-order valence-corrected chi connectivity index (χ4v) is 3.91. The van der Waals surface area contributed by atoms with E-state index >= 15 is 0 Å². The number of ketones is 1. The lowest BCUT2D eigenvalue weighted by atomic mass is 9.94. The number of aliphatic hydroxyl groups is 1. The zero-order chi connectivity index (χ0) is 23.5. The number of phenols is 1. The van der Waals surface area contributed by atoms with E-state index in [9.17, 15) is 32.6 Å². The monoisotopic (exact) mass is 450 g/mol. The third-order valence-electron chi connectivity index (χ3n) is 5.90. The van der Waals surface area contributed by atoms with Gasteiger partial charge in [0.15, 0.2) is 0 Å². The molecule has 1 aliphatic carbocycles. The van der Waals surface area contributed by atoms with Crippen LogP contribution in [0.3, 0.4) is 0 Å². The molecule has 9 heteroatoms. The first-order valence-corrected chi connectivity index (χ1v) is 10.1. The molecule has 0 unspecified atom stereocenters. The zero-order valence-electron chi connectivity index (χ0n) is 17.5. The van der Waals surface area contributed by atoms with Gasteiger partial charge in [-0.2, -0.15) is 13.2 Å². The molecule has 1 saturated carbocycles. The number of phenolic OH excluding ortho intramolecular Hbond substituents is 1. The van der Waals surface area contributed by atoms with E-state index in [2.05, 4.69) is 9.97 Å². The molecule has 0 amide bonds. The molecule has 0 aliphatic heterocycles. The van der Waals surface area contributed by atoms with Gasteiger partial charge in [0, 0.05) is 18.4 Å². The van der Waals surface area contributed by atoms with Crippen LogP contribution in [0, 0.1) is 5.82 Å². The highest BCUT2D eigenvalue weighted by Gasteiger charge is 2.66. The molecule has 0 bridgehead atoms. The number of H-pyrrole nitrogens is 1. The van der Waals surface area contributed by atoms with Crippen LogP contribution in [0.15, 0.2) is 30.3 Å². The molecule has 0 spiro atoms. The SMILES string of the molecule is CC(C)(O)c1cc(F)c(CC(=O)Cc2ccc3nc(C4(C(F)(F)F)CC4)[nH]c3c2)cc1O. The molecule has 5 nitrogen and oxygen atoms in total. The smallest absolute Gasteiger partial charge is 0.401 e. The third-order valence-corrected chi connectivity index (χ3v) is 5.90. The van der Waals surface area contributed by atoms with Crippen molar-refractivity contribution in [1.29, 1.82) is 0 Å². The van der Waals surface area contributed by atoms with E-state index in [-0.39, 0.29) is 54.2 Å². The number of alkyl halides is 3. The summed E-state index contributed by atoms with van der Waals surface area (Å²) in [6, 6.07) is 6.85. The first kappa shape index (κ1) is 22.3. The Morgan fingerprint density at radius 1 is 1.16 bits per heavy atom. The van der Waals surface area contributed by atoms with Crippen LogP contribution in [0.2, 0.25) is 0 Å². The lowest BCUT2D eigenvalue weighted by Crippen LogP contribution is -2.29. The number of hydrogen-bond acceptors (Lipinski definition) is 4. The summed E-state index contributed by atoms with van der Waals surface area (Å²) >= 11 is 0. The van der Waals surface area contributed by atoms with E-state index in [0.717, 1.165) is 12.1 Å². The number of imidazole rings is 1. The average molecular weight is 450 g/mol. The highest BCUT2D eigenvalue weighted by molar-refractivity contribution is 5.85. The van der Waals surface area contributed by atoms with Crippen molar-refractivity contribution in [3.8, 4) is 5.75 Å². The number of fused-ring (bicyclic) bond motifs is 1. The predicted molar refractivity (Wildman–Crippen MR) is 109 cm³/mol. The summed E-state index contributed by atoms with van der Waals surface area (Å²) in [6.45, 7) is 2.81. The first-order valence-electron chi connectivity index (χ1n) is 10.1. The summed E-state index contributed by atoms with van der Waals surface area (Å²) in [5.41, 5.74) is -2.03. The first-order chi connectivity index (χ1) is 14.8. The Bertz CT molecular complexity index is 1200. The number of carbonyl (C=O) groups excluding carboxylic acids is 1. The van der Waals surface area contributed by atoms with Crippen LogP contribution < -0.4 is 0 Å². The molecule has 0 radical (unpaired) electrons. The Morgan fingerprint density at radius 3 is 2.44 bits per heavy atom. The van der Waals surface area contributed by atoms with Crippen molar-refractivity contribution in [2.75, 3.05) is 0 Å². The molecule has 32 heavy (non-hydrogen) atoms. The maximum absolute atomic E-state index is 14.4. The molecule has 1 fully saturated rings. The molecule has 4 rings (SSSR count).